The van der Waals surface area contributed by atoms with Gasteiger partial charge in [-0.05, 0) is 0 Å². The molecule has 0 amide bonds. The number of rotatable bonds is 2. The summed E-state index contributed by atoms with van der Waals surface area (Å²) in [5.74, 6) is -24.0. The Hall–Kier alpha value is -1.47. The van der Waals surface area contributed by atoms with E-state index in [9.17, 15) is 43.9 Å². The zero-order chi connectivity index (χ0) is 18.5. The predicted octanol–water partition coefficient (Wildman–Crippen LogP) is 3.32. The first-order valence-corrected chi connectivity index (χ1v) is 10.4. The Morgan fingerprint density at radius 1 is 0.375 bits per heavy atom. The van der Waals surface area contributed by atoms with Crippen LogP contribution in [0.1, 0.15) is 0 Å². The molecule has 0 aliphatic rings. The van der Waals surface area contributed by atoms with Crippen molar-refractivity contribution in [1.82, 2.24) is 0 Å². The van der Waals surface area contributed by atoms with E-state index in [1.165, 1.54) is 0 Å². The van der Waals surface area contributed by atoms with Crippen LogP contribution in [0.2, 0.25) is 4.97 Å². The molecule has 0 fully saturated rings. The van der Waals surface area contributed by atoms with Gasteiger partial charge in [0.15, 0.2) is 0 Å². The van der Waals surface area contributed by atoms with Crippen molar-refractivity contribution in [2.75, 3.05) is 0 Å². The van der Waals surface area contributed by atoms with E-state index >= 15 is 0 Å². The fraction of sp³-hybridized carbons (Fsp3) is 0.0769. The van der Waals surface area contributed by atoms with Gasteiger partial charge in [-0.2, -0.15) is 0 Å². The van der Waals surface area contributed by atoms with E-state index in [1.54, 1.807) is 0 Å². The van der Waals surface area contributed by atoms with Gasteiger partial charge in [-0.1, -0.05) is 0 Å². The van der Waals surface area contributed by atoms with E-state index < -0.39 is 84.9 Å². The van der Waals surface area contributed by atoms with Gasteiger partial charge in [-0.3, -0.25) is 0 Å². The van der Waals surface area contributed by atoms with Crippen molar-refractivity contribution in [3.63, 3.8) is 0 Å². The number of halogens is 10. The van der Waals surface area contributed by atoms with Gasteiger partial charge in [-0.25, -0.2) is 0 Å². The maximum atomic E-state index is 13.7. The Morgan fingerprint density at radius 3 is 0.750 bits per heavy atom. The Balaban J connectivity index is 2.84. The summed E-state index contributed by atoms with van der Waals surface area (Å²) in [4.78, 5) is 0.694. The van der Waals surface area contributed by atoms with Gasteiger partial charge >= 0.3 is 134 Å². The molecule has 0 aliphatic carbocycles. The summed E-state index contributed by atoms with van der Waals surface area (Å²) in [6.45, 7) is 0. The summed E-state index contributed by atoms with van der Waals surface area (Å²) < 4.78 is 130. The molecule has 0 aromatic heterocycles. The summed E-state index contributed by atoms with van der Waals surface area (Å²) in [6.07, 6.45) is 0. The van der Waals surface area contributed by atoms with Gasteiger partial charge in [-0.15, -0.1) is 0 Å². The van der Waals surface area contributed by atoms with Crippen LogP contribution in [0.3, 0.4) is 0 Å². The zero-order valence-electron chi connectivity index (χ0n) is 11.2. The van der Waals surface area contributed by atoms with Gasteiger partial charge in [0.1, 0.15) is 0 Å². The second-order valence-corrected chi connectivity index (χ2v) is 9.55. The average molecular weight is 477 g/mol. The minimum absolute atomic E-state index is 0.694. The molecule has 0 heterocycles. The average Bonchev–Trinajstić information content (AvgIpc) is 2.55. The van der Waals surface area contributed by atoms with Crippen molar-refractivity contribution in [3.8, 4) is 0 Å². The van der Waals surface area contributed by atoms with Gasteiger partial charge in [0, 0.05) is 0 Å². The number of hydrogen-bond donors (Lipinski definition) is 0. The van der Waals surface area contributed by atoms with E-state index in [0.717, 1.165) is 0 Å². The summed E-state index contributed by atoms with van der Waals surface area (Å²) in [5, 5.41) is 0. The molecule has 2 aromatic rings. The molecule has 24 heavy (non-hydrogen) atoms. The van der Waals surface area contributed by atoms with E-state index in [4.69, 9.17) is 0 Å². The Kier molecular flexibility index (Phi) is 5.06. The standard InChI is InChI=1S/C13H3F10Te/c1-24(12-8(20)4(16)2(14)5(17)9(12)21)13-10(22)6(18)3(15)7(19)11(13)23/h1H3/q+1. The molecule has 0 saturated heterocycles. The van der Waals surface area contributed by atoms with Gasteiger partial charge < -0.3 is 0 Å². The molecular weight excluding hydrogens is 474 g/mol. The second-order valence-electron chi connectivity index (χ2n) is 4.31. The number of benzene rings is 2. The maximum absolute atomic E-state index is 13.7. The molecule has 2 aromatic carbocycles. The Bertz CT molecular complexity index is 720. The molecule has 0 nitrogen and oxygen atoms in total. The fourth-order valence-corrected chi connectivity index (χ4v) is 6.48. The molecule has 130 valence electrons. The molecule has 0 spiro atoms. The fourth-order valence-electron chi connectivity index (χ4n) is 1.81. The van der Waals surface area contributed by atoms with E-state index in [0.29, 0.717) is 4.97 Å². The van der Waals surface area contributed by atoms with Gasteiger partial charge in [0.25, 0.3) is 0 Å². The molecular formula is C13H3F10Te+. The quantitative estimate of drug-likeness (QED) is 0.270. The summed E-state index contributed by atoms with van der Waals surface area (Å²) >= 11 is -4.40. The first-order valence-electron chi connectivity index (χ1n) is 5.71. The third kappa shape index (κ3) is 2.63. The molecule has 0 bridgehead atoms. The van der Waals surface area contributed by atoms with Gasteiger partial charge in [0.2, 0.25) is 0 Å². The molecule has 0 N–H and O–H groups in total. The van der Waals surface area contributed by atoms with Crippen LogP contribution in [0.25, 0.3) is 0 Å². The van der Waals surface area contributed by atoms with Crippen molar-refractivity contribution < 1.29 is 43.9 Å². The zero-order valence-corrected chi connectivity index (χ0v) is 13.5. The van der Waals surface area contributed by atoms with Crippen molar-refractivity contribution >= 4 is 26.8 Å². The second kappa shape index (κ2) is 6.44. The SMILES string of the molecule is C[Te+](c1c(F)c(F)c(F)c(F)c1F)c1c(F)c(F)c(F)c(F)c1F. The van der Waals surface area contributed by atoms with Gasteiger partial charge in [0.05, 0.1) is 0 Å². The minimum atomic E-state index is -4.40. The van der Waals surface area contributed by atoms with Crippen molar-refractivity contribution in [3.05, 3.63) is 58.2 Å². The molecule has 0 atom stereocenters. The Labute approximate surface area is 134 Å². The summed E-state index contributed by atoms with van der Waals surface area (Å²) in [5.41, 5.74) is 0. The molecule has 0 aliphatic heterocycles. The van der Waals surface area contributed by atoms with Crippen LogP contribution in [0.15, 0.2) is 0 Å². The molecule has 0 radical (unpaired) electrons. The third-order valence-electron chi connectivity index (χ3n) is 2.95. The van der Waals surface area contributed by atoms with Crippen LogP contribution in [0.4, 0.5) is 43.9 Å². The van der Waals surface area contributed by atoms with Crippen molar-refractivity contribution in [2.45, 2.75) is 4.97 Å². The normalized spacial score (nSPS) is 11.5. The van der Waals surface area contributed by atoms with Crippen LogP contribution in [0.5, 0.6) is 0 Å². The first kappa shape index (κ1) is 18.9. The topological polar surface area (TPSA) is 0 Å². The van der Waals surface area contributed by atoms with E-state index in [1.807, 2.05) is 0 Å². The third-order valence-corrected chi connectivity index (χ3v) is 8.49. The van der Waals surface area contributed by atoms with E-state index in [-0.39, 0.29) is 0 Å². The summed E-state index contributed by atoms with van der Waals surface area (Å²) in [7, 11) is 0. The van der Waals surface area contributed by atoms with Crippen LogP contribution in [0, 0.1) is 58.2 Å². The molecule has 0 unspecified atom stereocenters. The molecule has 0 saturated carbocycles. The van der Waals surface area contributed by atoms with Crippen molar-refractivity contribution in [1.29, 1.82) is 0 Å². The van der Waals surface area contributed by atoms with Crippen LogP contribution in [-0.2, 0) is 0 Å². The van der Waals surface area contributed by atoms with Crippen LogP contribution in [-0.4, -0.2) is 19.6 Å². The summed E-state index contributed by atoms with van der Waals surface area (Å²) in [6, 6.07) is 0. The first-order chi connectivity index (χ1) is 11.0. The predicted molar refractivity (Wildman–Crippen MR) is 63.3 cm³/mol. The van der Waals surface area contributed by atoms with Crippen molar-refractivity contribution in [2.24, 2.45) is 0 Å². The molecule has 11 heteroatoms. The number of hydrogen-bond acceptors (Lipinski definition) is 0. The Morgan fingerprint density at radius 2 is 0.542 bits per heavy atom. The van der Waals surface area contributed by atoms with E-state index in [2.05, 4.69) is 0 Å². The monoisotopic (exact) mass is 479 g/mol. The van der Waals surface area contributed by atoms with Crippen LogP contribution >= 0.6 is 0 Å². The molecule has 2 rings (SSSR count). The van der Waals surface area contributed by atoms with Crippen LogP contribution < -0.4 is 7.22 Å².